The van der Waals surface area contributed by atoms with Gasteiger partial charge in [0.05, 0.1) is 6.04 Å². The summed E-state index contributed by atoms with van der Waals surface area (Å²) in [6.45, 7) is 1.34. The van der Waals surface area contributed by atoms with Gasteiger partial charge in [-0.2, -0.15) is 0 Å². The lowest BCUT2D eigenvalue weighted by atomic mass is 10.3. The van der Waals surface area contributed by atoms with Crippen molar-refractivity contribution in [1.82, 2.24) is 15.3 Å². The van der Waals surface area contributed by atoms with Gasteiger partial charge in [-0.15, -0.1) is 12.4 Å². The highest BCUT2D eigenvalue weighted by Crippen LogP contribution is 2.04. The molecule has 15 heavy (non-hydrogen) atoms. The van der Waals surface area contributed by atoms with Crippen LogP contribution in [0.1, 0.15) is 6.92 Å². The maximum atomic E-state index is 11.2. The van der Waals surface area contributed by atoms with Gasteiger partial charge in [-0.05, 0) is 6.92 Å². The van der Waals surface area contributed by atoms with Crippen molar-refractivity contribution in [3.63, 3.8) is 0 Å². The molecule has 0 aromatic rings. The van der Waals surface area contributed by atoms with Gasteiger partial charge >= 0.3 is 6.03 Å². The van der Waals surface area contributed by atoms with Crippen molar-refractivity contribution in [2.24, 2.45) is 5.73 Å². The fourth-order valence-corrected chi connectivity index (χ4v) is 0.919. The fourth-order valence-electron chi connectivity index (χ4n) is 0.919. The molecule has 1 saturated heterocycles. The zero-order chi connectivity index (χ0) is 10.9. The summed E-state index contributed by atoms with van der Waals surface area (Å²) in [5.74, 6) is -0.860. The first-order valence-electron chi connectivity index (χ1n) is 4.07. The molecule has 0 aromatic heterocycles. The Morgan fingerprint density at radius 1 is 1.53 bits per heavy atom. The Kier molecular flexibility index (Phi) is 4.50. The minimum Gasteiger partial charge on any atom is -0.320 e. The molecule has 0 bridgehead atoms. The zero-order valence-electron chi connectivity index (χ0n) is 8.39. The van der Waals surface area contributed by atoms with Gasteiger partial charge in [0.2, 0.25) is 0 Å². The summed E-state index contributed by atoms with van der Waals surface area (Å²) in [6.07, 6.45) is 0. The molecule has 1 heterocycles. The number of hydrogen-bond donors (Lipinski definition) is 2. The van der Waals surface area contributed by atoms with Gasteiger partial charge in [0.1, 0.15) is 6.54 Å². The van der Waals surface area contributed by atoms with E-state index in [9.17, 15) is 14.4 Å². The summed E-state index contributed by atoms with van der Waals surface area (Å²) in [7, 11) is 1.35. The van der Waals surface area contributed by atoms with Crippen LogP contribution in [0.2, 0.25) is 0 Å². The molecule has 1 aliphatic heterocycles. The van der Waals surface area contributed by atoms with Crippen LogP contribution >= 0.6 is 12.4 Å². The maximum absolute atomic E-state index is 11.2. The van der Waals surface area contributed by atoms with Gasteiger partial charge in [-0.1, -0.05) is 0 Å². The highest BCUT2D eigenvalue weighted by atomic mass is 35.5. The number of halogens is 1. The fraction of sp³-hybridized carbons (Fsp3) is 0.571. The van der Waals surface area contributed by atoms with Crippen molar-refractivity contribution >= 4 is 30.3 Å². The number of likely N-dealkylation sites (N-methyl/N-ethyl adjacent to an activating group) is 1. The second kappa shape index (κ2) is 4.94. The Morgan fingerprint density at radius 2 is 2.07 bits per heavy atom. The molecule has 86 valence electrons. The van der Waals surface area contributed by atoms with Crippen molar-refractivity contribution in [3.8, 4) is 0 Å². The van der Waals surface area contributed by atoms with Crippen LogP contribution in [0.25, 0.3) is 0 Å². The summed E-state index contributed by atoms with van der Waals surface area (Å²) < 4.78 is 0. The van der Waals surface area contributed by atoms with Crippen LogP contribution in [0.5, 0.6) is 0 Å². The van der Waals surface area contributed by atoms with Gasteiger partial charge in [0.15, 0.2) is 0 Å². The van der Waals surface area contributed by atoms with Crippen LogP contribution in [-0.2, 0) is 9.59 Å². The van der Waals surface area contributed by atoms with E-state index in [2.05, 4.69) is 5.43 Å². The normalized spacial score (nSPS) is 17.5. The predicted octanol–water partition coefficient (Wildman–Crippen LogP) is -1.32. The van der Waals surface area contributed by atoms with Crippen molar-refractivity contribution in [2.45, 2.75) is 13.0 Å². The molecule has 8 heteroatoms. The third-order valence-electron chi connectivity index (χ3n) is 1.84. The van der Waals surface area contributed by atoms with Crippen molar-refractivity contribution in [3.05, 3.63) is 0 Å². The van der Waals surface area contributed by atoms with Gasteiger partial charge in [-0.25, -0.2) is 9.80 Å². The van der Waals surface area contributed by atoms with Crippen molar-refractivity contribution in [1.29, 1.82) is 0 Å². The molecule has 0 radical (unpaired) electrons. The first kappa shape index (κ1) is 13.7. The highest BCUT2D eigenvalue weighted by Gasteiger charge is 2.34. The number of amides is 4. The van der Waals surface area contributed by atoms with Crippen LogP contribution in [0.15, 0.2) is 0 Å². The topological polar surface area (TPSA) is 95.7 Å². The average Bonchev–Trinajstić information content (AvgIpc) is 2.33. The molecule has 1 unspecified atom stereocenters. The summed E-state index contributed by atoms with van der Waals surface area (Å²) in [4.78, 5) is 34.3. The molecule has 0 aliphatic carbocycles. The number of nitrogens with one attached hydrogen (secondary N) is 1. The van der Waals surface area contributed by atoms with E-state index >= 15 is 0 Å². The molecule has 3 N–H and O–H groups in total. The summed E-state index contributed by atoms with van der Waals surface area (Å²) in [5, 5.41) is 0.939. The number of hydrogen-bond acceptors (Lipinski definition) is 4. The van der Waals surface area contributed by atoms with E-state index in [0.29, 0.717) is 0 Å². The lowest BCUT2D eigenvalue weighted by Crippen LogP contribution is -2.49. The molecular weight excluding hydrogens is 224 g/mol. The van der Waals surface area contributed by atoms with Crippen LogP contribution in [0.3, 0.4) is 0 Å². The molecule has 4 amide bonds. The van der Waals surface area contributed by atoms with Gasteiger partial charge in [0, 0.05) is 7.05 Å². The summed E-state index contributed by atoms with van der Waals surface area (Å²) in [6, 6.07) is -1.27. The molecule has 1 atom stereocenters. The molecule has 1 fully saturated rings. The molecule has 0 spiro atoms. The van der Waals surface area contributed by atoms with E-state index in [1.165, 1.54) is 14.0 Å². The van der Waals surface area contributed by atoms with Crippen LogP contribution in [0, 0.1) is 0 Å². The number of imide groups is 1. The highest BCUT2D eigenvalue weighted by molar-refractivity contribution is 6.02. The van der Waals surface area contributed by atoms with E-state index in [0.717, 1.165) is 9.91 Å². The summed E-state index contributed by atoms with van der Waals surface area (Å²) >= 11 is 0. The van der Waals surface area contributed by atoms with Gasteiger partial charge in [0.25, 0.3) is 11.8 Å². The SMILES string of the molecule is CC(N)C(=O)NN1CC(=O)N(C)C1=O.Cl. The zero-order valence-corrected chi connectivity index (χ0v) is 9.21. The molecule has 1 aliphatic rings. The Balaban J connectivity index is 0.00000196. The second-order valence-electron chi connectivity index (χ2n) is 3.09. The Labute approximate surface area is 92.9 Å². The molecule has 0 saturated carbocycles. The van der Waals surface area contributed by atoms with Crippen LogP contribution in [0.4, 0.5) is 4.79 Å². The molecular formula is C7H13ClN4O3. The first-order chi connectivity index (χ1) is 6.43. The van der Waals surface area contributed by atoms with Crippen LogP contribution < -0.4 is 11.2 Å². The lowest BCUT2D eigenvalue weighted by Gasteiger charge is -2.16. The van der Waals surface area contributed by atoms with Gasteiger partial charge < -0.3 is 5.73 Å². The summed E-state index contributed by atoms with van der Waals surface area (Å²) in [5.41, 5.74) is 7.53. The smallest absolute Gasteiger partial charge is 0.320 e. The van der Waals surface area contributed by atoms with Crippen LogP contribution in [-0.4, -0.2) is 47.4 Å². The number of nitrogens with zero attached hydrogens (tertiary/aromatic N) is 2. The Bertz CT molecular complexity index is 294. The van der Waals surface area contributed by atoms with Crippen molar-refractivity contribution in [2.75, 3.05) is 13.6 Å². The Morgan fingerprint density at radius 3 is 2.40 bits per heavy atom. The third-order valence-corrected chi connectivity index (χ3v) is 1.84. The minimum atomic E-state index is -0.719. The van der Waals surface area contributed by atoms with E-state index in [-0.39, 0.29) is 24.9 Å². The lowest BCUT2D eigenvalue weighted by molar-refractivity contribution is -0.126. The average molecular weight is 237 g/mol. The van der Waals surface area contributed by atoms with Crippen molar-refractivity contribution < 1.29 is 14.4 Å². The number of carbonyl (C=O) groups excluding carboxylic acids is 3. The quantitative estimate of drug-likeness (QED) is 0.582. The number of urea groups is 1. The standard InChI is InChI=1S/C7H12N4O3.ClH/c1-4(8)6(13)9-11-3-5(12)10(2)7(11)14;/h4H,3,8H2,1-2H3,(H,9,13);1H. The van der Waals surface area contributed by atoms with E-state index in [1.807, 2.05) is 0 Å². The maximum Gasteiger partial charge on any atom is 0.345 e. The number of hydrazine groups is 1. The molecule has 0 aromatic carbocycles. The monoisotopic (exact) mass is 236 g/mol. The predicted molar refractivity (Wildman–Crippen MR) is 53.9 cm³/mol. The molecule has 7 nitrogen and oxygen atoms in total. The van der Waals surface area contributed by atoms with E-state index < -0.39 is 18.0 Å². The first-order valence-corrected chi connectivity index (χ1v) is 4.07. The Hall–Kier alpha value is -1.34. The van der Waals surface area contributed by atoms with E-state index in [4.69, 9.17) is 5.73 Å². The van der Waals surface area contributed by atoms with Gasteiger partial charge in [-0.3, -0.25) is 19.9 Å². The number of carbonyl (C=O) groups is 3. The largest absolute Gasteiger partial charge is 0.345 e. The number of nitrogens with two attached hydrogens (primary N) is 1. The van der Waals surface area contributed by atoms with E-state index in [1.54, 1.807) is 0 Å². The minimum absolute atomic E-state index is 0. The number of rotatable bonds is 2. The molecule has 1 rings (SSSR count). The second-order valence-corrected chi connectivity index (χ2v) is 3.09. The third kappa shape index (κ3) is 2.80.